The first-order valence-electron chi connectivity index (χ1n) is 12.5. The van der Waals surface area contributed by atoms with Crippen molar-refractivity contribution in [3.05, 3.63) is 132 Å². The topological polar surface area (TPSA) is 59.6 Å². The highest BCUT2D eigenvalue weighted by Crippen LogP contribution is 2.27. The lowest BCUT2D eigenvalue weighted by atomic mass is 10.0. The van der Waals surface area contributed by atoms with Gasteiger partial charge in [0, 0.05) is 34.1 Å². The number of aromatic nitrogens is 3. The highest BCUT2D eigenvalue weighted by Gasteiger charge is 2.29. The van der Waals surface area contributed by atoms with Crippen molar-refractivity contribution >= 4 is 39.1 Å². The van der Waals surface area contributed by atoms with Gasteiger partial charge in [0.15, 0.2) is 0 Å². The van der Waals surface area contributed by atoms with E-state index >= 15 is 0 Å². The Morgan fingerprint density at radius 2 is 1.90 bits per heavy atom. The van der Waals surface area contributed by atoms with E-state index in [0.717, 1.165) is 22.4 Å². The van der Waals surface area contributed by atoms with E-state index in [2.05, 4.69) is 21.0 Å². The maximum Gasteiger partial charge on any atom is 0.261 e. The number of amides is 1. The molecule has 2 aromatic heterocycles. The molecule has 0 atom stereocenters. The van der Waals surface area contributed by atoms with Crippen molar-refractivity contribution < 1.29 is 9.18 Å². The molecule has 0 spiro atoms. The molecule has 9 heteroatoms. The minimum Gasteiger partial charge on any atom is -0.332 e. The van der Waals surface area contributed by atoms with Crippen LogP contribution in [0.15, 0.2) is 82.2 Å². The molecule has 0 radical (unpaired) electrons. The summed E-state index contributed by atoms with van der Waals surface area (Å²) in [6, 6.07) is 19.3. The predicted molar refractivity (Wildman–Crippen MR) is 152 cm³/mol. The number of fused-ring (bicyclic) bond motifs is 3. The number of nitrogens with zero attached hydrogens (tertiary/aromatic N) is 4. The lowest BCUT2D eigenvalue weighted by molar-refractivity contribution is 0.0729. The van der Waals surface area contributed by atoms with E-state index in [1.165, 1.54) is 12.1 Å². The van der Waals surface area contributed by atoms with E-state index in [1.807, 2.05) is 37.3 Å². The molecule has 0 bridgehead atoms. The molecule has 3 aromatic carbocycles. The molecule has 1 aliphatic heterocycles. The predicted octanol–water partition coefficient (Wildman–Crippen LogP) is 6.14. The summed E-state index contributed by atoms with van der Waals surface area (Å²) in [6.45, 7) is 2.61. The van der Waals surface area contributed by atoms with E-state index < -0.39 is 0 Å². The van der Waals surface area contributed by atoms with Crippen molar-refractivity contribution in [1.29, 1.82) is 0 Å². The second-order valence-electron chi connectivity index (χ2n) is 9.72. The van der Waals surface area contributed by atoms with Gasteiger partial charge in [0.05, 0.1) is 29.1 Å². The summed E-state index contributed by atoms with van der Waals surface area (Å²) in [5.41, 5.74) is 5.60. The maximum absolute atomic E-state index is 14.0. The van der Waals surface area contributed by atoms with Crippen LogP contribution in [0.1, 0.15) is 38.3 Å². The molecule has 6 nitrogen and oxygen atoms in total. The first kappa shape index (κ1) is 25.5. The lowest BCUT2D eigenvalue weighted by Crippen LogP contribution is -2.41. The molecule has 0 fully saturated rings. The summed E-state index contributed by atoms with van der Waals surface area (Å²) >= 11 is 9.61. The molecule has 1 amide bonds. The Morgan fingerprint density at radius 1 is 1.10 bits per heavy atom. The Morgan fingerprint density at radius 3 is 2.64 bits per heavy atom. The number of benzene rings is 3. The summed E-state index contributed by atoms with van der Waals surface area (Å²) in [4.78, 5) is 29.1. The molecule has 0 saturated heterocycles. The summed E-state index contributed by atoms with van der Waals surface area (Å²) in [7, 11) is 0. The van der Waals surface area contributed by atoms with E-state index in [9.17, 15) is 14.0 Å². The smallest absolute Gasteiger partial charge is 0.261 e. The van der Waals surface area contributed by atoms with E-state index in [1.54, 1.807) is 44.4 Å². The van der Waals surface area contributed by atoms with Gasteiger partial charge in [0.1, 0.15) is 11.5 Å². The first-order valence-corrected chi connectivity index (χ1v) is 13.7. The standard InChI is InChI=1S/C30H23BrClFN4O2/c1-18-5-8-23(9-6-18)36-28-21(13-19-3-2-4-22(33)14-19)16-34-37(28)27-17-35(12-11-24(27)30(36)39)29(38)20-7-10-25(31)26(32)15-20/h2-10,14-16H,11-13,17H2,1H3. The third-order valence-electron chi connectivity index (χ3n) is 7.10. The van der Waals surface area contributed by atoms with Crippen LogP contribution in [-0.2, 0) is 19.4 Å². The first-order chi connectivity index (χ1) is 18.8. The molecule has 1 aliphatic rings. The summed E-state index contributed by atoms with van der Waals surface area (Å²) < 4.78 is 18.1. The Bertz CT molecular complexity index is 1810. The van der Waals surface area contributed by atoms with Crippen LogP contribution >= 0.6 is 27.5 Å². The highest BCUT2D eigenvalue weighted by atomic mass is 79.9. The number of hydrogen-bond donors (Lipinski definition) is 0. The zero-order chi connectivity index (χ0) is 27.3. The van der Waals surface area contributed by atoms with E-state index in [4.69, 9.17) is 11.6 Å². The van der Waals surface area contributed by atoms with Crippen LogP contribution in [0.2, 0.25) is 5.02 Å². The van der Waals surface area contributed by atoms with Crippen LogP contribution in [0, 0.1) is 12.7 Å². The molecular weight excluding hydrogens is 583 g/mol. The van der Waals surface area contributed by atoms with E-state index in [-0.39, 0.29) is 23.8 Å². The quantitative estimate of drug-likeness (QED) is 0.247. The minimum atomic E-state index is -0.320. The molecular formula is C30H23BrClFN4O2. The number of carbonyl (C=O) groups excluding carboxylic acids is 1. The van der Waals surface area contributed by atoms with Gasteiger partial charge in [-0.25, -0.2) is 8.91 Å². The Hall–Kier alpha value is -3.75. The molecule has 0 aliphatic carbocycles. The van der Waals surface area contributed by atoms with Gasteiger partial charge in [-0.3, -0.25) is 14.2 Å². The third kappa shape index (κ3) is 4.68. The summed E-state index contributed by atoms with van der Waals surface area (Å²) in [6.07, 6.45) is 2.51. The zero-order valence-corrected chi connectivity index (χ0v) is 23.3. The number of aryl methyl sites for hydroxylation is 1. The summed E-state index contributed by atoms with van der Waals surface area (Å²) in [5.74, 6) is -0.488. The average Bonchev–Trinajstić information content (AvgIpc) is 3.34. The van der Waals surface area contributed by atoms with Crippen LogP contribution in [-0.4, -0.2) is 31.5 Å². The molecule has 0 unspecified atom stereocenters. The highest BCUT2D eigenvalue weighted by molar-refractivity contribution is 9.10. The van der Waals surface area contributed by atoms with Crippen LogP contribution in [0.25, 0.3) is 11.3 Å². The number of carbonyl (C=O) groups is 1. The van der Waals surface area contributed by atoms with Crippen molar-refractivity contribution in [1.82, 2.24) is 19.1 Å². The Balaban J connectivity index is 1.49. The van der Waals surface area contributed by atoms with Gasteiger partial charge in [0.2, 0.25) is 0 Å². The fraction of sp³-hybridized carbons (Fsp3) is 0.167. The van der Waals surface area contributed by atoms with Gasteiger partial charge < -0.3 is 4.90 Å². The fourth-order valence-electron chi connectivity index (χ4n) is 5.12. The molecule has 0 saturated carbocycles. The number of halogens is 3. The second kappa shape index (κ2) is 10.1. The Kier molecular flexibility index (Phi) is 6.61. The molecule has 0 N–H and O–H groups in total. The fourth-order valence-corrected chi connectivity index (χ4v) is 5.55. The SMILES string of the molecule is Cc1ccc(-n2c(=O)c3c(n4ncc(Cc5cccc(F)c5)c24)CN(C(=O)c2ccc(Br)c(Cl)c2)CC3)cc1. The van der Waals surface area contributed by atoms with Gasteiger partial charge >= 0.3 is 0 Å². The summed E-state index contributed by atoms with van der Waals surface area (Å²) in [5, 5.41) is 5.14. The van der Waals surface area contributed by atoms with Crippen LogP contribution in [0.3, 0.4) is 0 Å². The van der Waals surface area contributed by atoms with Crippen LogP contribution in [0.5, 0.6) is 0 Å². The van der Waals surface area contributed by atoms with Crippen molar-refractivity contribution in [3.8, 4) is 5.69 Å². The molecule has 196 valence electrons. The molecule has 39 heavy (non-hydrogen) atoms. The Labute approximate surface area is 237 Å². The largest absolute Gasteiger partial charge is 0.332 e. The average molecular weight is 606 g/mol. The van der Waals surface area contributed by atoms with Crippen molar-refractivity contribution in [2.24, 2.45) is 0 Å². The van der Waals surface area contributed by atoms with Gasteiger partial charge in [-0.2, -0.15) is 5.10 Å². The number of hydrogen-bond acceptors (Lipinski definition) is 3. The van der Waals surface area contributed by atoms with Gasteiger partial charge in [-0.05, 0) is 77.3 Å². The zero-order valence-electron chi connectivity index (χ0n) is 21.0. The van der Waals surface area contributed by atoms with Crippen molar-refractivity contribution in [3.63, 3.8) is 0 Å². The van der Waals surface area contributed by atoms with Crippen LogP contribution in [0.4, 0.5) is 4.39 Å². The van der Waals surface area contributed by atoms with Crippen LogP contribution < -0.4 is 5.56 Å². The van der Waals surface area contributed by atoms with Gasteiger partial charge in [0.25, 0.3) is 11.5 Å². The van der Waals surface area contributed by atoms with Crippen molar-refractivity contribution in [2.75, 3.05) is 6.54 Å². The molecule has 6 rings (SSSR count). The number of rotatable bonds is 4. The normalized spacial score (nSPS) is 13.1. The molecule has 5 aromatic rings. The van der Waals surface area contributed by atoms with Crippen molar-refractivity contribution in [2.45, 2.75) is 26.3 Å². The lowest BCUT2D eigenvalue weighted by Gasteiger charge is -2.30. The van der Waals surface area contributed by atoms with E-state index in [0.29, 0.717) is 51.3 Å². The maximum atomic E-state index is 14.0. The van der Waals surface area contributed by atoms with Gasteiger partial charge in [-0.15, -0.1) is 0 Å². The molecule has 3 heterocycles. The second-order valence-corrected chi connectivity index (χ2v) is 11.0. The van der Waals surface area contributed by atoms with Gasteiger partial charge in [-0.1, -0.05) is 41.4 Å². The monoisotopic (exact) mass is 604 g/mol. The third-order valence-corrected chi connectivity index (χ3v) is 8.33. The minimum absolute atomic E-state index is 0.138.